The number of amides is 1. The Bertz CT molecular complexity index is 438. The van der Waals surface area contributed by atoms with Gasteiger partial charge in [0.25, 0.3) is 0 Å². The highest BCUT2D eigenvalue weighted by atomic mass is 16.2. The minimum Gasteiger partial charge on any atom is -0.329 e. The second kappa shape index (κ2) is 4.73. The Morgan fingerprint density at radius 2 is 1.83 bits per heavy atom. The maximum Gasteiger partial charge on any atom is 0.234 e. The molecule has 0 aliphatic heterocycles. The molecule has 2 rings (SSSR count). The van der Waals surface area contributed by atoms with Crippen molar-refractivity contribution in [3.05, 3.63) is 29.3 Å². The first-order valence-electron chi connectivity index (χ1n) is 6.55. The van der Waals surface area contributed by atoms with Crippen LogP contribution in [0.2, 0.25) is 0 Å². The van der Waals surface area contributed by atoms with Crippen molar-refractivity contribution in [1.29, 1.82) is 0 Å². The third-order valence-corrected chi connectivity index (χ3v) is 4.05. The second-order valence-corrected chi connectivity index (χ2v) is 5.55. The second-order valence-electron chi connectivity index (χ2n) is 5.55. The van der Waals surface area contributed by atoms with Gasteiger partial charge in [-0.25, -0.2) is 0 Å². The van der Waals surface area contributed by atoms with Gasteiger partial charge >= 0.3 is 0 Å². The molecule has 0 aromatic heterocycles. The van der Waals surface area contributed by atoms with Crippen molar-refractivity contribution in [2.24, 2.45) is 11.1 Å². The summed E-state index contributed by atoms with van der Waals surface area (Å²) in [4.78, 5) is 14.3. The summed E-state index contributed by atoms with van der Waals surface area (Å²) in [6.45, 7) is 4.56. The summed E-state index contributed by atoms with van der Waals surface area (Å²) in [5.74, 6) is 0.168. The number of anilines is 1. The highest BCUT2D eigenvalue weighted by molar-refractivity contribution is 5.98. The first kappa shape index (κ1) is 13.1. The molecule has 1 saturated carbocycles. The molecule has 0 heterocycles. The van der Waals surface area contributed by atoms with E-state index in [-0.39, 0.29) is 11.3 Å². The van der Waals surface area contributed by atoms with E-state index in [4.69, 9.17) is 5.73 Å². The molecule has 0 radical (unpaired) electrons. The van der Waals surface area contributed by atoms with E-state index in [0.29, 0.717) is 6.54 Å². The summed E-state index contributed by atoms with van der Waals surface area (Å²) in [6, 6.07) is 6.21. The average molecular weight is 246 g/mol. The molecule has 1 amide bonds. The van der Waals surface area contributed by atoms with Crippen molar-refractivity contribution >= 4 is 11.6 Å². The topological polar surface area (TPSA) is 46.3 Å². The summed E-state index contributed by atoms with van der Waals surface area (Å²) >= 11 is 0. The lowest BCUT2D eigenvalue weighted by molar-refractivity contribution is -0.131. The maximum atomic E-state index is 12.5. The molecule has 1 fully saturated rings. The van der Waals surface area contributed by atoms with Crippen molar-refractivity contribution in [2.45, 2.75) is 33.1 Å². The average Bonchev–Trinajstić information content (AvgIpc) is 2.25. The predicted molar refractivity (Wildman–Crippen MR) is 74.7 cm³/mol. The van der Waals surface area contributed by atoms with Crippen LogP contribution in [-0.2, 0) is 4.79 Å². The Morgan fingerprint density at radius 3 is 2.22 bits per heavy atom. The Hall–Kier alpha value is -1.35. The molecule has 3 heteroatoms. The van der Waals surface area contributed by atoms with Gasteiger partial charge in [-0.1, -0.05) is 12.5 Å². The molecule has 0 spiro atoms. The highest BCUT2D eigenvalue weighted by Gasteiger charge is 2.44. The van der Waals surface area contributed by atoms with Crippen LogP contribution in [-0.4, -0.2) is 19.5 Å². The molecular weight excluding hydrogens is 224 g/mol. The van der Waals surface area contributed by atoms with E-state index >= 15 is 0 Å². The van der Waals surface area contributed by atoms with Gasteiger partial charge in [0.1, 0.15) is 0 Å². The highest BCUT2D eigenvalue weighted by Crippen LogP contribution is 2.42. The van der Waals surface area contributed by atoms with E-state index in [1.54, 1.807) is 4.90 Å². The fourth-order valence-corrected chi connectivity index (χ4v) is 2.73. The van der Waals surface area contributed by atoms with Gasteiger partial charge in [-0.2, -0.15) is 0 Å². The largest absolute Gasteiger partial charge is 0.329 e. The maximum absolute atomic E-state index is 12.5. The van der Waals surface area contributed by atoms with Crippen LogP contribution in [0.15, 0.2) is 18.2 Å². The van der Waals surface area contributed by atoms with Crippen molar-refractivity contribution < 1.29 is 4.79 Å². The van der Waals surface area contributed by atoms with E-state index in [1.807, 2.05) is 19.2 Å². The number of nitrogens with zero attached hydrogens (tertiary/aromatic N) is 1. The van der Waals surface area contributed by atoms with Gasteiger partial charge in [0, 0.05) is 19.3 Å². The third kappa shape index (κ3) is 2.15. The third-order valence-electron chi connectivity index (χ3n) is 4.05. The first-order valence-corrected chi connectivity index (χ1v) is 6.55. The summed E-state index contributed by atoms with van der Waals surface area (Å²) in [7, 11) is 1.85. The molecule has 0 saturated heterocycles. The summed E-state index contributed by atoms with van der Waals surface area (Å²) < 4.78 is 0. The number of aryl methyl sites for hydroxylation is 2. The SMILES string of the molecule is Cc1cc(C)cc(N(C)C(=O)C2(CN)CCC2)c1. The molecule has 0 atom stereocenters. The number of rotatable bonds is 3. The lowest BCUT2D eigenvalue weighted by atomic mass is 9.68. The molecule has 1 aromatic carbocycles. The molecule has 0 bridgehead atoms. The van der Waals surface area contributed by atoms with E-state index in [0.717, 1.165) is 24.9 Å². The predicted octanol–water partition coefficient (Wildman–Crippen LogP) is 2.40. The Morgan fingerprint density at radius 1 is 1.28 bits per heavy atom. The van der Waals surface area contributed by atoms with Crippen LogP contribution in [0.25, 0.3) is 0 Å². The fraction of sp³-hybridized carbons (Fsp3) is 0.533. The van der Waals surface area contributed by atoms with Gasteiger partial charge in [0.2, 0.25) is 5.91 Å². The van der Waals surface area contributed by atoms with Crippen LogP contribution in [0.5, 0.6) is 0 Å². The zero-order valence-electron chi connectivity index (χ0n) is 11.5. The number of nitrogens with two attached hydrogens (primary N) is 1. The lowest BCUT2D eigenvalue weighted by Crippen LogP contribution is -2.51. The summed E-state index contributed by atoms with van der Waals surface area (Å²) in [6.07, 6.45) is 2.97. The minimum absolute atomic E-state index is 0.168. The molecule has 1 aliphatic rings. The Kier molecular flexibility index (Phi) is 3.44. The molecule has 1 aromatic rings. The zero-order chi connectivity index (χ0) is 13.3. The van der Waals surface area contributed by atoms with Crippen LogP contribution in [0, 0.1) is 19.3 Å². The van der Waals surface area contributed by atoms with Crippen LogP contribution in [0.1, 0.15) is 30.4 Å². The van der Waals surface area contributed by atoms with E-state index in [1.165, 1.54) is 11.1 Å². The molecule has 0 unspecified atom stereocenters. The number of hydrogen-bond acceptors (Lipinski definition) is 2. The zero-order valence-corrected chi connectivity index (χ0v) is 11.5. The standard InChI is InChI=1S/C15H22N2O/c1-11-7-12(2)9-13(8-11)17(3)14(18)15(10-16)5-4-6-15/h7-9H,4-6,10,16H2,1-3H3. The van der Waals surface area contributed by atoms with Crippen molar-refractivity contribution in [3.8, 4) is 0 Å². The van der Waals surface area contributed by atoms with Gasteiger partial charge in [-0.3, -0.25) is 4.79 Å². The smallest absolute Gasteiger partial charge is 0.234 e. The van der Waals surface area contributed by atoms with Gasteiger partial charge < -0.3 is 10.6 Å². The quantitative estimate of drug-likeness (QED) is 0.890. The van der Waals surface area contributed by atoms with Crippen LogP contribution >= 0.6 is 0 Å². The Labute approximate surface area is 109 Å². The molecule has 98 valence electrons. The van der Waals surface area contributed by atoms with Crippen LogP contribution in [0.3, 0.4) is 0 Å². The van der Waals surface area contributed by atoms with Gasteiger partial charge in [0.05, 0.1) is 5.41 Å². The number of carbonyl (C=O) groups is 1. The molecule has 1 aliphatic carbocycles. The van der Waals surface area contributed by atoms with Crippen molar-refractivity contribution in [1.82, 2.24) is 0 Å². The van der Waals surface area contributed by atoms with E-state index in [9.17, 15) is 4.79 Å². The normalized spacial score (nSPS) is 17.1. The molecule has 18 heavy (non-hydrogen) atoms. The van der Waals surface area contributed by atoms with Crippen LogP contribution in [0.4, 0.5) is 5.69 Å². The molecule has 3 nitrogen and oxygen atoms in total. The molecule has 2 N–H and O–H groups in total. The summed E-state index contributed by atoms with van der Waals surface area (Å²) in [5, 5.41) is 0. The van der Waals surface area contributed by atoms with Gasteiger partial charge in [-0.05, 0) is 49.9 Å². The fourth-order valence-electron chi connectivity index (χ4n) is 2.73. The first-order chi connectivity index (χ1) is 8.48. The van der Waals surface area contributed by atoms with E-state index in [2.05, 4.69) is 19.9 Å². The number of hydrogen-bond donors (Lipinski definition) is 1. The number of benzene rings is 1. The lowest BCUT2D eigenvalue weighted by Gasteiger charge is -2.41. The summed E-state index contributed by atoms with van der Waals surface area (Å²) in [5.41, 5.74) is 8.83. The van der Waals surface area contributed by atoms with Crippen LogP contribution < -0.4 is 10.6 Å². The number of carbonyl (C=O) groups excluding carboxylic acids is 1. The molecular formula is C15H22N2O. The van der Waals surface area contributed by atoms with Gasteiger partial charge in [-0.15, -0.1) is 0 Å². The van der Waals surface area contributed by atoms with Crippen molar-refractivity contribution in [3.63, 3.8) is 0 Å². The monoisotopic (exact) mass is 246 g/mol. The minimum atomic E-state index is -0.299. The Balaban J connectivity index is 2.25. The van der Waals surface area contributed by atoms with E-state index < -0.39 is 0 Å². The van der Waals surface area contributed by atoms with Crippen molar-refractivity contribution in [2.75, 3.05) is 18.5 Å². The van der Waals surface area contributed by atoms with Gasteiger partial charge in [0.15, 0.2) is 0 Å².